The third kappa shape index (κ3) is 3.62. The Bertz CT molecular complexity index is 619. The van der Waals surface area contributed by atoms with Gasteiger partial charge in [-0.1, -0.05) is 17.7 Å². The first kappa shape index (κ1) is 13.7. The lowest BCUT2D eigenvalue weighted by atomic mass is 10.2. The van der Waals surface area contributed by atoms with E-state index in [0.717, 1.165) is 10.5 Å². The number of non-ortho nitro benzene ring substituents is 1. The average molecular weight is 295 g/mol. The van der Waals surface area contributed by atoms with Crippen LogP contribution in [0.4, 0.5) is 11.4 Å². The van der Waals surface area contributed by atoms with Crippen LogP contribution < -0.4 is 5.73 Å². The van der Waals surface area contributed by atoms with Gasteiger partial charge in [0, 0.05) is 33.5 Å². The molecular weight excluding hydrogens is 284 g/mol. The van der Waals surface area contributed by atoms with Gasteiger partial charge >= 0.3 is 0 Å². The maximum atomic E-state index is 10.7. The molecule has 0 amide bonds. The summed E-state index contributed by atoms with van der Waals surface area (Å²) in [5.41, 5.74) is 7.18. The number of nitrogens with zero attached hydrogens (tertiary/aromatic N) is 1. The summed E-state index contributed by atoms with van der Waals surface area (Å²) in [4.78, 5) is 11.3. The predicted octanol–water partition coefficient (Wildman–Crippen LogP) is 4.12. The molecule has 2 rings (SSSR count). The second kappa shape index (κ2) is 5.95. The van der Waals surface area contributed by atoms with E-state index in [0.29, 0.717) is 16.5 Å². The maximum Gasteiger partial charge on any atom is 0.269 e. The number of thioether (sulfide) groups is 1. The van der Waals surface area contributed by atoms with E-state index in [1.807, 2.05) is 18.2 Å². The summed E-state index contributed by atoms with van der Waals surface area (Å²) in [7, 11) is 0. The quantitative estimate of drug-likeness (QED) is 0.398. The number of nitro benzene ring substituents is 1. The van der Waals surface area contributed by atoms with Crippen molar-refractivity contribution in [1.29, 1.82) is 0 Å². The Labute approximate surface area is 119 Å². The van der Waals surface area contributed by atoms with E-state index in [1.54, 1.807) is 12.1 Å². The van der Waals surface area contributed by atoms with Crippen LogP contribution in [-0.2, 0) is 5.75 Å². The molecule has 2 aromatic rings. The van der Waals surface area contributed by atoms with Gasteiger partial charge in [0.2, 0.25) is 0 Å². The van der Waals surface area contributed by atoms with Crippen LogP contribution in [0.5, 0.6) is 0 Å². The van der Waals surface area contributed by atoms with Crippen molar-refractivity contribution in [2.24, 2.45) is 0 Å². The van der Waals surface area contributed by atoms with Gasteiger partial charge in [-0.15, -0.1) is 11.8 Å². The molecule has 2 aromatic carbocycles. The van der Waals surface area contributed by atoms with E-state index < -0.39 is 4.92 Å². The molecule has 4 nitrogen and oxygen atoms in total. The van der Waals surface area contributed by atoms with Crippen LogP contribution >= 0.6 is 23.4 Å². The molecule has 0 aliphatic carbocycles. The minimum atomic E-state index is -0.424. The van der Waals surface area contributed by atoms with Gasteiger partial charge < -0.3 is 5.73 Å². The molecular formula is C13H11ClN2O2S. The van der Waals surface area contributed by atoms with E-state index in [2.05, 4.69) is 0 Å². The smallest absolute Gasteiger partial charge is 0.269 e. The fourth-order valence-electron chi connectivity index (χ4n) is 1.55. The zero-order valence-corrected chi connectivity index (χ0v) is 11.4. The predicted molar refractivity (Wildman–Crippen MR) is 78.5 cm³/mol. The normalized spacial score (nSPS) is 10.4. The Kier molecular flexibility index (Phi) is 4.29. The van der Waals surface area contributed by atoms with Crippen molar-refractivity contribution in [3.8, 4) is 0 Å². The summed E-state index contributed by atoms with van der Waals surface area (Å²) in [6.45, 7) is 0. The molecule has 0 spiro atoms. The summed E-state index contributed by atoms with van der Waals surface area (Å²) in [5, 5.41) is 11.4. The molecule has 0 aromatic heterocycles. The van der Waals surface area contributed by atoms with Crippen LogP contribution in [0.25, 0.3) is 0 Å². The largest absolute Gasteiger partial charge is 0.398 e. The molecule has 0 unspecified atom stereocenters. The lowest BCUT2D eigenvalue weighted by molar-refractivity contribution is -0.384. The van der Waals surface area contributed by atoms with Gasteiger partial charge in [0.25, 0.3) is 5.69 Å². The molecule has 0 aliphatic rings. The molecule has 0 bridgehead atoms. The highest BCUT2D eigenvalue weighted by atomic mass is 35.5. The first-order valence-electron chi connectivity index (χ1n) is 5.47. The minimum Gasteiger partial charge on any atom is -0.398 e. The van der Waals surface area contributed by atoms with E-state index in [1.165, 1.54) is 23.9 Å². The second-order valence-electron chi connectivity index (χ2n) is 3.89. The molecule has 0 radical (unpaired) electrons. The summed E-state index contributed by atoms with van der Waals surface area (Å²) in [6, 6.07) is 11.9. The van der Waals surface area contributed by atoms with Crippen molar-refractivity contribution in [3.63, 3.8) is 0 Å². The van der Waals surface area contributed by atoms with Crippen molar-refractivity contribution in [3.05, 3.63) is 63.2 Å². The molecule has 19 heavy (non-hydrogen) atoms. The van der Waals surface area contributed by atoms with E-state index in [-0.39, 0.29) is 5.69 Å². The molecule has 2 N–H and O–H groups in total. The lowest BCUT2D eigenvalue weighted by Gasteiger charge is -2.06. The highest BCUT2D eigenvalue weighted by Crippen LogP contribution is 2.29. The summed E-state index contributed by atoms with van der Waals surface area (Å²) >= 11 is 7.43. The number of hydrogen-bond acceptors (Lipinski definition) is 4. The van der Waals surface area contributed by atoms with Gasteiger partial charge in [0.15, 0.2) is 0 Å². The van der Waals surface area contributed by atoms with Crippen LogP contribution in [0.1, 0.15) is 5.56 Å². The molecule has 98 valence electrons. The Morgan fingerprint density at radius 2 is 2.05 bits per heavy atom. The van der Waals surface area contributed by atoms with Crippen molar-refractivity contribution in [2.75, 3.05) is 5.73 Å². The third-order valence-electron chi connectivity index (χ3n) is 2.53. The Morgan fingerprint density at radius 1 is 1.26 bits per heavy atom. The highest BCUT2D eigenvalue weighted by molar-refractivity contribution is 7.98. The molecule has 0 saturated carbocycles. The highest BCUT2D eigenvalue weighted by Gasteiger charge is 2.09. The second-order valence-corrected chi connectivity index (χ2v) is 5.37. The first-order valence-corrected chi connectivity index (χ1v) is 6.84. The molecule has 0 aliphatic heterocycles. The average Bonchev–Trinajstić information content (AvgIpc) is 2.37. The number of anilines is 1. The summed E-state index contributed by atoms with van der Waals surface area (Å²) in [5.74, 6) is 0.563. The number of benzene rings is 2. The van der Waals surface area contributed by atoms with Gasteiger partial charge in [-0.2, -0.15) is 0 Å². The van der Waals surface area contributed by atoms with Crippen molar-refractivity contribution < 1.29 is 4.92 Å². The Balaban J connectivity index is 2.15. The number of hydrogen-bond donors (Lipinski definition) is 1. The number of rotatable bonds is 4. The summed E-state index contributed by atoms with van der Waals surface area (Å²) < 4.78 is 0. The van der Waals surface area contributed by atoms with Gasteiger partial charge in [0.05, 0.1) is 4.92 Å². The van der Waals surface area contributed by atoms with Crippen LogP contribution in [-0.4, -0.2) is 4.92 Å². The van der Waals surface area contributed by atoms with Gasteiger partial charge in [-0.3, -0.25) is 10.1 Å². The number of nitrogen functional groups attached to an aromatic ring is 1. The van der Waals surface area contributed by atoms with Crippen molar-refractivity contribution >= 4 is 34.7 Å². The first-order chi connectivity index (χ1) is 9.06. The Morgan fingerprint density at radius 3 is 2.74 bits per heavy atom. The maximum absolute atomic E-state index is 10.7. The molecule has 0 atom stereocenters. The minimum absolute atomic E-state index is 0.0518. The topological polar surface area (TPSA) is 69.2 Å². The van der Waals surface area contributed by atoms with Crippen LogP contribution in [0.15, 0.2) is 47.4 Å². The molecule has 6 heteroatoms. The number of halogens is 1. The van der Waals surface area contributed by atoms with E-state index in [9.17, 15) is 10.1 Å². The standard InChI is InChI=1S/C13H11ClN2O2S/c14-10-2-1-3-12(7-10)19-8-9-6-11(16(17)18)4-5-13(9)15/h1-7H,8,15H2. The third-order valence-corrected chi connectivity index (χ3v) is 3.81. The SMILES string of the molecule is Nc1ccc([N+](=O)[O-])cc1CSc1cccc(Cl)c1. The monoisotopic (exact) mass is 294 g/mol. The fourth-order valence-corrected chi connectivity index (χ4v) is 2.76. The zero-order chi connectivity index (χ0) is 13.8. The molecule has 0 saturated heterocycles. The van der Waals surface area contributed by atoms with Crippen LogP contribution in [0.2, 0.25) is 5.02 Å². The zero-order valence-electron chi connectivity index (χ0n) is 9.88. The lowest BCUT2D eigenvalue weighted by Crippen LogP contribution is -1.95. The molecule has 0 fully saturated rings. The number of nitrogens with two attached hydrogens (primary N) is 1. The number of nitro groups is 1. The van der Waals surface area contributed by atoms with Crippen LogP contribution in [0, 0.1) is 10.1 Å². The van der Waals surface area contributed by atoms with Crippen LogP contribution in [0.3, 0.4) is 0 Å². The Hall–Kier alpha value is -1.72. The van der Waals surface area contributed by atoms with Crippen molar-refractivity contribution in [1.82, 2.24) is 0 Å². The van der Waals surface area contributed by atoms with Gasteiger partial charge in [0.1, 0.15) is 0 Å². The fraction of sp³-hybridized carbons (Fsp3) is 0.0769. The summed E-state index contributed by atoms with van der Waals surface area (Å²) in [6.07, 6.45) is 0. The van der Waals surface area contributed by atoms with Gasteiger partial charge in [-0.25, -0.2) is 0 Å². The van der Waals surface area contributed by atoms with Crippen molar-refractivity contribution in [2.45, 2.75) is 10.6 Å². The van der Waals surface area contributed by atoms with E-state index in [4.69, 9.17) is 17.3 Å². The van der Waals surface area contributed by atoms with Gasteiger partial charge in [-0.05, 0) is 29.8 Å². The van der Waals surface area contributed by atoms with E-state index >= 15 is 0 Å². The molecule has 0 heterocycles.